The number of carbonyl (C=O) groups is 2. The predicted molar refractivity (Wildman–Crippen MR) is 75.8 cm³/mol. The Hall–Kier alpha value is -2.31. The van der Waals surface area contributed by atoms with Gasteiger partial charge in [-0.25, -0.2) is 0 Å². The first kappa shape index (κ1) is 14.1. The molecule has 7 heteroatoms. The maximum Gasteiger partial charge on any atom is 0.291 e. The fraction of sp³-hybridized carbons (Fsp3) is 0.0769. The number of amides is 2. The highest BCUT2D eigenvalue weighted by Gasteiger charge is 2.13. The summed E-state index contributed by atoms with van der Waals surface area (Å²) < 4.78 is 4.99. The minimum Gasteiger partial charge on any atom is -0.459 e. The van der Waals surface area contributed by atoms with Crippen LogP contribution in [0.15, 0.2) is 41.0 Å². The Morgan fingerprint density at radius 2 is 2.00 bits per heavy atom. The third kappa shape index (κ3) is 3.37. The Morgan fingerprint density at radius 3 is 2.65 bits per heavy atom. The van der Waals surface area contributed by atoms with Gasteiger partial charge in [-0.1, -0.05) is 11.6 Å². The number of carbonyl (C=O) groups excluding carboxylic acids is 2. The molecule has 0 saturated carbocycles. The van der Waals surface area contributed by atoms with Crippen molar-refractivity contribution in [2.24, 2.45) is 5.73 Å². The Labute approximate surface area is 119 Å². The molecule has 0 aliphatic carbocycles. The van der Waals surface area contributed by atoms with E-state index in [0.717, 1.165) is 0 Å². The summed E-state index contributed by atoms with van der Waals surface area (Å²) in [5.41, 5.74) is 6.01. The van der Waals surface area contributed by atoms with Crippen LogP contribution in [0.4, 0.5) is 11.4 Å². The molecule has 0 aliphatic rings. The van der Waals surface area contributed by atoms with Gasteiger partial charge in [0, 0.05) is 5.02 Å². The van der Waals surface area contributed by atoms with Crippen LogP contribution in [0.5, 0.6) is 0 Å². The smallest absolute Gasteiger partial charge is 0.291 e. The maximum absolute atomic E-state index is 11.9. The molecule has 0 saturated heterocycles. The first-order chi connectivity index (χ1) is 9.60. The third-order valence-corrected chi connectivity index (χ3v) is 2.67. The number of anilines is 2. The predicted octanol–water partition coefficient (Wildman–Crippen LogP) is 2.08. The van der Waals surface area contributed by atoms with Crippen molar-refractivity contribution < 1.29 is 14.0 Å². The zero-order valence-electron chi connectivity index (χ0n) is 10.4. The summed E-state index contributed by atoms with van der Waals surface area (Å²) in [6, 6.07) is 7.83. The molecule has 2 amide bonds. The highest BCUT2D eigenvalue weighted by molar-refractivity contribution is 6.31. The number of hydrogen-bond donors (Lipinski definition) is 3. The van der Waals surface area contributed by atoms with E-state index in [0.29, 0.717) is 16.4 Å². The molecule has 1 aromatic carbocycles. The van der Waals surface area contributed by atoms with Crippen molar-refractivity contribution in [3.05, 3.63) is 47.4 Å². The molecule has 0 unspecified atom stereocenters. The Balaban J connectivity index is 2.22. The van der Waals surface area contributed by atoms with Crippen LogP contribution in [-0.4, -0.2) is 18.4 Å². The number of rotatable bonds is 4. The van der Waals surface area contributed by atoms with E-state index < -0.39 is 5.91 Å². The Bertz CT molecular complexity index is 626. The van der Waals surface area contributed by atoms with Gasteiger partial charge in [0.1, 0.15) is 0 Å². The Kier molecular flexibility index (Phi) is 4.39. The zero-order valence-corrected chi connectivity index (χ0v) is 11.1. The van der Waals surface area contributed by atoms with Crippen LogP contribution in [0, 0.1) is 0 Å². The van der Waals surface area contributed by atoms with Gasteiger partial charge in [-0.05, 0) is 30.3 Å². The van der Waals surface area contributed by atoms with Crippen LogP contribution in [0.3, 0.4) is 0 Å². The van der Waals surface area contributed by atoms with Crippen molar-refractivity contribution in [3.8, 4) is 0 Å². The van der Waals surface area contributed by atoms with Gasteiger partial charge in [-0.2, -0.15) is 0 Å². The first-order valence-electron chi connectivity index (χ1n) is 5.74. The molecule has 2 rings (SSSR count). The molecule has 2 aromatic rings. The number of benzene rings is 1. The number of furan rings is 1. The molecule has 0 fully saturated rings. The SMILES string of the molecule is NCC(=O)Nc1cc(Cl)ccc1NC(=O)c1ccco1. The van der Waals surface area contributed by atoms with Gasteiger partial charge in [-0.15, -0.1) is 0 Å². The molecule has 6 nitrogen and oxygen atoms in total. The van der Waals surface area contributed by atoms with Crippen LogP contribution >= 0.6 is 11.6 Å². The second kappa shape index (κ2) is 6.23. The molecule has 0 spiro atoms. The molecule has 0 aliphatic heterocycles. The minimum absolute atomic E-state index is 0.163. The summed E-state index contributed by atoms with van der Waals surface area (Å²) in [7, 11) is 0. The molecule has 20 heavy (non-hydrogen) atoms. The summed E-state index contributed by atoms with van der Waals surface area (Å²) in [6.45, 7) is -0.169. The van der Waals surface area contributed by atoms with E-state index >= 15 is 0 Å². The van der Waals surface area contributed by atoms with E-state index in [-0.39, 0.29) is 18.2 Å². The van der Waals surface area contributed by atoms with Gasteiger partial charge in [0.25, 0.3) is 5.91 Å². The zero-order chi connectivity index (χ0) is 14.5. The summed E-state index contributed by atoms with van der Waals surface area (Å²) >= 11 is 5.87. The Morgan fingerprint density at radius 1 is 1.20 bits per heavy atom. The lowest BCUT2D eigenvalue weighted by atomic mass is 10.2. The van der Waals surface area contributed by atoms with Crippen molar-refractivity contribution in [1.82, 2.24) is 0 Å². The second-order valence-electron chi connectivity index (χ2n) is 3.87. The van der Waals surface area contributed by atoms with Crippen LogP contribution in [0.25, 0.3) is 0 Å². The van der Waals surface area contributed by atoms with E-state index in [4.69, 9.17) is 21.8 Å². The summed E-state index contributed by atoms with van der Waals surface area (Å²) in [6.07, 6.45) is 1.40. The van der Waals surface area contributed by atoms with E-state index in [2.05, 4.69) is 10.6 Å². The van der Waals surface area contributed by atoms with Crippen molar-refractivity contribution >= 4 is 34.8 Å². The number of halogens is 1. The van der Waals surface area contributed by atoms with E-state index in [1.165, 1.54) is 18.4 Å². The maximum atomic E-state index is 11.9. The average molecular weight is 294 g/mol. The van der Waals surface area contributed by atoms with Crippen molar-refractivity contribution in [3.63, 3.8) is 0 Å². The van der Waals surface area contributed by atoms with Crippen LogP contribution < -0.4 is 16.4 Å². The topological polar surface area (TPSA) is 97.4 Å². The molecule has 0 radical (unpaired) electrons. The average Bonchev–Trinajstić information content (AvgIpc) is 2.95. The number of nitrogens with one attached hydrogen (secondary N) is 2. The third-order valence-electron chi connectivity index (χ3n) is 2.43. The number of hydrogen-bond acceptors (Lipinski definition) is 4. The lowest BCUT2D eigenvalue weighted by molar-refractivity contribution is -0.114. The van der Waals surface area contributed by atoms with E-state index in [9.17, 15) is 9.59 Å². The van der Waals surface area contributed by atoms with Crippen LogP contribution in [0.2, 0.25) is 5.02 Å². The standard InChI is InChI=1S/C13H12ClN3O3/c14-8-3-4-9(10(6-8)16-12(18)7-15)17-13(19)11-2-1-5-20-11/h1-6H,7,15H2,(H,16,18)(H,17,19). The van der Waals surface area contributed by atoms with Crippen molar-refractivity contribution in [2.45, 2.75) is 0 Å². The minimum atomic E-state index is -0.430. The largest absolute Gasteiger partial charge is 0.459 e. The van der Waals surface area contributed by atoms with Gasteiger partial charge < -0.3 is 20.8 Å². The van der Waals surface area contributed by atoms with Gasteiger partial charge in [0.15, 0.2) is 5.76 Å². The van der Waals surface area contributed by atoms with Crippen molar-refractivity contribution in [1.29, 1.82) is 0 Å². The molecule has 104 valence electrons. The van der Waals surface area contributed by atoms with Crippen LogP contribution in [-0.2, 0) is 4.79 Å². The lowest BCUT2D eigenvalue weighted by Gasteiger charge is -2.11. The van der Waals surface area contributed by atoms with Crippen molar-refractivity contribution in [2.75, 3.05) is 17.2 Å². The fourth-order valence-electron chi connectivity index (χ4n) is 1.52. The number of nitrogens with two attached hydrogens (primary N) is 1. The van der Waals surface area contributed by atoms with Gasteiger partial charge in [0.2, 0.25) is 5.91 Å². The summed E-state index contributed by atoms with van der Waals surface area (Å²) in [5, 5.41) is 5.61. The quantitative estimate of drug-likeness (QED) is 0.804. The van der Waals surface area contributed by atoms with Gasteiger partial charge >= 0.3 is 0 Å². The molecule has 4 N–H and O–H groups in total. The fourth-order valence-corrected chi connectivity index (χ4v) is 1.69. The molecular weight excluding hydrogens is 282 g/mol. The highest BCUT2D eigenvalue weighted by atomic mass is 35.5. The lowest BCUT2D eigenvalue weighted by Crippen LogP contribution is -2.23. The first-order valence-corrected chi connectivity index (χ1v) is 6.12. The normalized spacial score (nSPS) is 10.1. The van der Waals surface area contributed by atoms with Crippen LogP contribution in [0.1, 0.15) is 10.6 Å². The van der Waals surface area contributed by atoms with E-state index in [1.54, 1.807) is 18.2 Å². The second-order valence-corrected chi connectivity index (χ2v) is 4.31. The molecular formula is C13H12ClN3O3. The highest BCUT2D eigenvalue weighted by Crippen LogP contribution is 2.26. The molecule has 1 heterocycles. The summed E-state index contributed by atoms with van der Waals surface area (Å²) in [4.78, 5) is 23.2. The molecule has 1 aromatic heterocycles. The molecule has 0 bridgehead atoms. The molecule has 0 atom stereocenters. The van der Waals surface area contributed by atoms with E-state index in [1.807, 2.05) is 0 Å². The summed E-state index contributed by atoms with van der Waals surface area (Å²) in [5.74, 6) is -0.655. The monoisotopic (exact) mass is 293 g/mol. The van der Waals surface area contributed by atoms with Gasteiger partial charge in [-0.3, -0.25) is 9.59 Å². The van der Waals surface area contributed by atoms with Gasteiger partial charge in [0.05, 0.1) is 24.2 Å².